The van der Waals surface area contributed by atoms with Crippen LogP contribution in [0, 0.1) is 23.2 Å². The molecule has 0 aromatic heterocycles. The predicted octanol–water partition coefficient (Wildman–Crippen LogP) is 3.68. The Morgan fingerprint density at radius 1 is 1.18 bits per heavy atom. The van der Waals surface area contributed by atoms with E-state index in [2.05, 4.69) is 31.0 Å². The fourth-order valence-corrected chi connectivity index (χ4v) is 3.80. The van der Waals surface area contributed by atoms with Crippen LogP contribution in [0.4, 0.5) is 0 Å². The van der Waals surface area contributed by atoms with Gasteiger partial charge in [0, 0.05) is 30.6 Å². The summed E-state index contributed by atoms with van der Waals surface area (Å²) in [5.74, 6) is 2.50. The number of amides is 1. The highest BCUT2D eigenvalue weighted by Crippen LogP contribution is 2.39. The van der Waals surface area contributed by atoms with Gasteiger partial charge in [-0.2, -0.15) is 0 Å². The van der Waals surface area contributed by atoms with Crippen LogP contribution in [-0.4, -0.2) is 36.0 Å². The average molecular weight is 309 g/mol. The highest BCUT2D eigenvalue weighted by Gasteiger charge is 2.39. The van der Waals surface area contributed by atoms with Crippen molar-refractivity contribution in [1.82, 2.24) is 10.2 Å². The second-order valence-corrected chi connectivity index (χ2v) is 8.93. The second-order valence-electron chi connectivity index (χ2n) is 8.93. The van der Waals surface area contributed by atoms with E-state index in [0.717, 1.165) is 24.9 Å². The highest BCUT2D eigenvalue weighted by atomic mass is 16.2. The van der Waals surface area contributed by atoms with Crippen LogP contribution in [0.1, 0.15) is 67.2 Å². The van der Waals surface area contributed by atoms with Crippen molar-refractivity contribution >= 4 is 5.91 Å². The van der Waals surface area contributed by atoms with Crippen LogP contribution < -0.4 is 5.32 Å². The summed E-state index contributed by atoms with van der Waals surface area (Å²) in [6.45, 7) is 15.2. The number of hydrogen-bond acceptors (Lipinski definition) is 2. The van der Waals surface area contributed by atoms with Crippen LogP contribution in [0.5, 0.6) is 0 Å². The van der Waals surface area contributed by atoms with Crippen LogP contribution in [0.25, 0.3) is 0 Å². The Kier molecular flexibility index (Phi) is 5.58. The first-order valence-corrected chi connectivity index (χ1v) is 9.27. The maximum atomic E-state index is 12.4. The molecule has 1 saturated heterocycles. The van der Waals surface area contributed by atoms with E-state index in [1.807, 2.05) is 20.8 Å². The SMILES string of the molecule is CCC(C1CC1)N1CC(NC(=O)C(C)(C)C)CC(C(C)C)C1. The first-order chi connectivity index (χ1) is 10.2. The van der Waals surface area contributed by atoms with E-state index in [4.69, 9.17) is 0 Å². The minimum Gasteiger partial charge on any atom is -0.352 e. The largest absolute Gasteiger partial charge is 0.352 e. The van der Waals surface area contributed by atoms with E-state index in [1.165, 1.54) is 25.8 Å². The van der Waals surface area contributed by atoms with E-state index < -0.39 is 0 Å². The molecule has 0 aromatic carbocycles. The number of carbonyl (C=O) groups is 1. The molecule has 2 rings (SSSR count). The molecule has 1 aliphatic heterocycles. The third-order valence-electron chi connectivity index (χ3n) is 5.52. The molecule has 1 amide bonds. The van der Waals surface area contributed by atoms with Crippen molar-refractivity contribution in [2.75, 3.05) is 13.1 Å². The summed E-state index contributed by atoms with van der Waals surface area (Å²) >= 11 is 0. The van der Waals surface area contributed by atoms with E-state index in [0.29, 0.717) is 17.9 Å². The lowest BCUT2D eigenvalue weighted by atomic mass is 9.83. The van der Waals surface area contributed by atoms with Gasteiger partial charge >= 0.3 is 0 Å². The maximum absolute atomic E-state index is 12.4. The molecular weight excluding hydrogens is 272 g/mol. The Bertz CT molecular complexity index is 381. The lowest BCUT2D eigenvalue weighted by Crippen LogP contribution is -2.56. The summed E-state index contributed by atoms with van der Waals surface area (Å²) in [5, 5.41) is 3.33. The normalized spacial score (nSPS) is 28.7. The minimum atomic E-state index is -0.295. The molecule has 3 nitrogen and oxygen atoms in total. The lowest BCUT2D eigenvalue weighted by Gasteiger charge is -2.44. The van der Waals surface area contributed by atoms with Crippen molar-refractivity contribution in [1.29, 1.82) is 0 Å². The molecule has 1 N–H and O–H groups in total. The molecule has 3 heteroatoms. The van der Waals surface area contributed by atoms with Crippen LogP contribution in [0.2, 0.25) is 0 Å². The van der Waals surface area contributed by atoms with Crippen molar-refractivity contribution in [3.63, 3.8) is 0 Å². The summed E-state index contributed by atoms with van der Waals surface area (Å²) in [6, 6.07) is 1.05. The summed E-state index contributed by atoms with van der Waals surface area (Å²) in [7, 11) is 0. The fourth-order valence-electron chi connectivity index (χ4n) is 3.80. The molecule has 1 saturated carbocycles. The number of likely N-dealkylation sites (tertiary alicyclic amines) is 1. The van der Waals surface area contributed by atoms with Gasteiger partial charge in [0.2, 0.25) is 5.91 Å². The smallest absolute Gasteiger partial charge is 0.225 e. The molecule has 1 aliphatic carbocycles. The maximum Gasteiger partial charge on any atom is 0.225 e. The van der Waals surface area contributed by atoms with Crippen molar-refractivity contribution < 1.29 is 4.79 Å². The summed E-state index contributed by atoms with van der Waals surface area (Å²) in [5.41, 5.74) is -0.295. The fraction of sp³-hybridized carbons (Fsp3) is 0.947. The Hall–Kier alpha value is -0.570. The van der Waals surface area contributed by atoms with Gasteiger partial charge in [0.05, 0.1) is 0 Å². The number of piperidine rings is 1. The predicted molar refractivity (Wildman–Crippen MR) is 92.7 cm³/mol. The zero-order valence-corrected chi connectivity index (χ0v) is 15.5. The zero-order valence-electron chi connectivity index (χ0n) is 15.5. The molecule has 0 radical (unpaired) electrons. The number of carbonyl (C=O) groups excluding carboxylic acids is 1. The van der Waals surface area contributed by atoms with Gasteiger partial charge in [0.1, 0.15) is 0 Å². The first-order valence-electron chi connectivity index (χ1n) is 9.27. The molecule has 1 heterocycles. The van der Waals surface area contributed by atoms with Gasteiger partial charge in [-0.05, 0) is 43.4 Å². The number of hydrogen-bond donors (Lipinski definition) is 1. The Morgan fingerprint density at radius 3 is 2.27 bits per heavy atom. The van der Waals surface area contributed by atoms with Gasteiger partial charge in [0.25, 0.3) is 0 Å². The van der Waals surface area contributed by atoms with Gasteiger partial charge in [0.15, 0.2) is 0 Å². The summed E-state index contributed by atoms with van der Waals surface area (Å²) in [6.07, 6.45) is 5.19. The number of nitrogens with zero attached hydrogens (tertiary/aromatic N) is 1. The van der Waals surface area contributed by atoms with Crippen molar-refractivity contribution in [3.8, 4) is 0 Å². The van der Waals surface area contributed by atoms with E-state index in [9.17, 15) is 4.79 Å². The molecule has 22 heavy (non-hydrogen) atoms. The Morgan fingerprint density at radius 2 is 1.82 bits per heavy atom. The molecular formula is C19H36N2O. The van der Waals surface area contributed by atoms with E-state index in [-0.39, 0.29) is 11.3 Å². The monoisotopic (exact) mass is 308 g/mol. The molecule has 0 bridgehead atoms. The molecule has 2 aliphatic rings. The molecule has 3 atom stereocenters. The molecule has 128 valence electrons. The van der Waals surface area contributed by atoms with Crippen LogP contribution >= 0.6 is 0 Å². The third-order valence-corrected chi connectivity index (χ3v) is 5.52. The average Bonchev–Trinajstić information content (AvgIpc) is 3.23. The van der Waals surface area contributed by atoms with E-state index in [1.54, 1.807) is 0 Å². The number of nitrogens with one attached hydrogen (secondary N) is 1. The standard InChI is InChI=1S/C19H36N2O/c1-7-17(14-8-9-14)21-11-15(13(2)3)10-16(12-21)20-18(22)19(4,5)6/h13-17H,7-12H2,1-6H3,(H,20,22). The first kappa shape index (κ1) is 17.8. The minimum absolute atomic E-state index is 0.196. The zero-order chi connectivity index (χ0) is 16.5. The second kappa shape index (κ2) is 6.90. The summed E-state index contributed by atoms with van der Waals surface area (Å²) < 4.78 is 0. The van der Waals surface area contributed by atoms with Crippen LogP contribution in [0.3, 0.4) is 0 Å². The molecule has 3 unspecified atom stereocenters. The van der Waals surface area contributed by atoms with Crippen molar-refractivity contribution in [2.24, 2.45) is 23.2 Å². The third kappa shape index (κ3) is 4.47. The highest BCUT2D eigenvalue weighted by molar-refractivity contribution is 5.81. The van der Waals surface area contributed by atoms with Gasteiger partial charge in [-0.15, -0.1) is 0 Å². The van der Waals surface area contributed by atoms with Gasteiger partial charge in [-0.25, -0.2) is 0 Å². The Labute approximate surface area is 137 Å². The van der Waals surface area contributed by atoms with Crippen molar-refractivity contribution in [3.05, 3.63) is 0 Å². The van der Waals surface area contributed by atoms with Gasteiger partial charge in [-0.3, -0.25) is 9.69 Å². The van der Waals surface area contributed by atoms with Gasteiger partial charge < -0.3 is 5.32 Å². The summed E-state index contributed by atoms with van der Waals surface area (Å²) in [4.78, 5) is 15.1. The van der Waals surface area contributed by atoms with Crippen LogP contribution in [-0.2, 0) is 4.79 Å². The molecule has 0 aromatic rings. The van der Waals surface area contributed by atoms with E-state index >= 15 is 0 Å². The number of rotatable bonds is 5. The topological polar surface area (TPSA) is 32.3 Å². The quantitative estimate of drug-likeness (QED) is 0.840. The van der Waals surface area contributed by atoms with Crippen molar-refractivity contribution in [2.45, 2.75) is 79.3 Å². The lowest BCUT2D eigenvalue weighted by molar-refractivity contribution is -0.130. The Balaban J connectivity index is 2.04. The van der Waals surface area contributed by atoms with Crippen LogP contribution in [0.15, 0.2) is 0 Å². The molecule has 0 spiro atoms. The molecule has 2 fully saturated rings. The van der Waals surface area contributed by atoms with Gasteiger partial charge in [-0.1, -0.05) is 41.5 Å².